The Morgan fingerprint density at radius 2 is 1.52 bits per heavy atom. The summed E-state index contributed by atoms with van der Waals surface area (Å²) in [6.45, 7) is 19.4. The molecule has 0 aliphatic carbocycles. The van der Waals surface area contributed by atoms with Gasteiger partial charge in [-0.15, -0.1) is 0 Å². The summed E-state index contributed by atoms with van der Waals surface area (Å²) in [5.41, 5.74) is -0.102. The zero-order chi connectivity index (χ0) is 16.5. The molecule has 0 saturated heterocycles. The summed E-state index contributed by atoms with van der Waals surface area (Å²) in [5.74, 6) is 1.43. The molecule has 0 fully saturated rings. The molecule has 1 atom stereocenters. The molecule has 0 aromatic carbocycles. The summed E-state index contributed by atoms with van der Waals surface area (Å²) in [5, 5.41) is 13.4. The van der Waals surface area contributed by atoms with Crippen LogP contribution in [0.5, 0.6) is 0 Å². The number of aliphatic hydroxyl groups excluding tert-OH is 1. The molecule has 0 amide bonds. The van der Waals surface area contributed by atoms with E-state index >= 15 is 0 Å². The fourth-order valence-corrected chi connectivity index (χ4v) is 3.13. The minimum atomic E-state index is -0.102. The molecule has 1 unspecified atom stereocenters. The van der Waals surface area contributed by atoms with Crippen LogP contribution in [-0.4, -0.2) is 47.8 Å². The lowest BCUT2D eigenvalue weighted by Crippen LogP contribution is -2.51. The van der Waals surface area contributed by atoms with E-state index < -0.39 is 0 Å². The fraction of sp³-hybridized carbons (Fsp3) is 1.00. The lowest BCUT2D eigenvalue weighted by atomic mass is 9.90. The van der Waals surface area contributed by atoms with E-state index in [9.17, 15) is 5.11 Å². The van der Waals surface area contributed by atoms with Gasteiger partial charge in [-0.1, -0.05) is 48.5 Å². The van der Waals surface area contributed by atoms with Gasteiger partial charge in [-0.3, -0.25) is 0 Å². The molecule has 21 heavy (non-hydrogen) atoms. The van der Waals surface area contributed by atoms with Gasteiger partial charge >= 0.3 is 0 Å². The first kappa shape index (κ1) is 20.9. The van der Waals surface area contributed by atoms with E-state index in [0.717, 1.165) is 25.8 Å². The van der Waals surface area contributed by atoms with Gasteiger partial charge in [0.1, 0.15) is 0 Å². The molecule has 0 radical (unpaired) electrons. The molecule has 0 bridgehead atoms. The maximum atomic E-state index is 9.81. The van der Waals surface area contributed by atoms with Crippen LogP contribution in [-0.2, 0) is 0 Å². The van der Waals surface area contributed by atoms with Gasteiger partial charge in [0.25, 0.3) is 0 Å². The van der Waals surface area contributed by atoms with Crippen molar-refractivity contribution in [3.8, 4) is 0 Å². The van der Waals surface area contributed by atoms with E-state index in [1.54, 1.807) is 0 Å². The zero-order valence-corrected chi connectivity index (χ0v) is 15.6. The minimum Gasteiger partial charge on any atom is -0.394 e. The van der Waals surface area contributed by atoms with Crippen molar-refractivity contribution >= 4 is 0 Å². The Hall–Kier alpha value is -0.120. The highest BCUT2D eigenvalue weighted by Gasteiger charge is 2.27. The average Bonchev–Trinajstić information content (AvgIpc) is 2.35. The molecule has 3 heteroatoms. The predicted molar refractivity (Wildman–Crippen MR) is 93.7 cm³/mol. The summed E-state index contributed by atoms with van der Waals surface area (Å²) in [4.78, 5) is 2.59. The summed E-state index contributed by atoms with van der Waals surface area (Å²) in [6.07, 6.45) is 3.18. The standard InChI is InChI=1S/C18H40N2O/c1-8-18(14-21,19-17(6)7)10-9-11-20(12-15(2)3)13-16(4)5/h15-17,19,21H,8-14H2,1-7H3. The molecule has 0 aliphatic rings. The number of nitrogens with zero attached hydrogens (tertiary/aromatic N) is 1. The van der Waals surface area contributed by atoms with Crippen LogP contribution in [0.2, 0.25) is 0 Å². The van der Waals surface area contributed by atoms with E-state index in [1.807, 2.05) is 0 Å². The van der Waals surface area contributed by atoms with Crippen molar-refractivity contribution < 1.29 is 5.11 Å². The van der Waals surface area contributed by atoms with Crippen LogP contribution in [0.25, 0.3) is 0 Å². The molecule has 2 N–H and O–H groups in total. The Bertz CT molecular complexity index is 238. The van der Waals surface area contributed by atoms with Gasteiger partial charge in [-0.2, -0.15) is 0 Å². The molecule has 0 saturated carbocycles. The Labute approximate surface area is 133 Å². The Balaban J connectivity index is 4.42. The van der Waals surface area contributed by atoms with E-state index in [4.69, 9.17) is 0 Å². The number of rotatable bonds is 12. The lowest BCUT2D eigenvalue weighted by Gasteiger charge is -2.35. The number of nitrogens with one attached hydrogen (secondary N) is 1. The van der Waals surface area contributed by atoms with Crippen LogP contribution in [0.3, 0.4) is 0 Å². The fourth-order valence-electron chi connectivity index (χ4n) is 3.13. The molecule has 0 heterocycles. The monoisotopic (exact) mass is 300 g/mol. The lowest BCUT2D eigenvalue weighted by molar-refractivity contribution is 0.127. The normalized spacial score (nSPS) is 15.4. The maximum absolute atomic E-state index is 9.81. The van der Waals surface area contributed by atoms with Crippen LogP contribution in [0.4, 0.5) is 0 Å². The summed E-state index contributed by atoms with van der Waals surface area (Å²) in [7, 11) is 0. The van der Waals surface area contributed by atoms with Crippen molar-refractivity contribution in [2.45, 2.75) is 79.3 Å². The average molecular weight is 301 g/mol. The van der Waals surface area contributed by atoms with Crippen molar-refractivity contribution in [1.29, 1.82) is 0 Å². The molecule has 3 nitrogen and oxygen atoms in total. The Morgan fingerprint density at radius 1 is 1.00 bits per heavy atom. The molecule has 0 spiro atoms. The van der Waals surface area contributed by atoms with E-state index in [1.165, 1.54) is 13.1 Å². The summed E-state index contributed by atoms with van der Waals surface area (Å²) < 4.78 is 0. The highest BCUT2D eigenvalue weighted by atomic mass is 16.3. The number of hydrogen-bond donors (Lipinski definition) is 2. The van der Waals surface area contributed by atoms with Crippen LogP contribution in [0.1, 0.15) is 67.7 Å². The van der Waals surface area contributed by atoms with Crippen LogP contribution in [0, 0.1) is 11.8 Å². The van der Waals surface area contributed by atoms with Crippen molar-refractivity contribution in [3.63, 3.8) is 0 Å². The highest BCUT2D eigenvalue weighted by molar-refractivity contribution is 4.87. The highest BCUT2D eigenvalue weighted by Crippen LogP contribution is 2.19. The van der Waals surface area contributed by atoms with Gasteiger partial charge in [-0.25, -0.2) is 0 Å². The third-order valence-electron chi connectivity index (χ3n) is 3.95. The van der Waals surface area contributed by atoms with Crippen LogP contribution < -0.4 is 5.32 Å². The minimum absolute atomic E-state index is 0.102. The number of aliphatic hydroxyl groups is 1. The van der Waals surface area contributed by atoms with Gasteiger partial charge in [0.15, 0.2) is 0 Å². The van der Waals surface area contributed by atoms with Crippen molar-refractivity contribution in [1.82, 2.24) is 10.2 Å². The third-order valence-corrected chi connectivity index (χ3v) is 3.95. The third kappa shape index (κ3) is 9.49. The number of hydrogen-bond acceptors (Lipinski definition) is 3. The first-order valence-corrected chi connectivity index (χ1v) is 8.85. The van der Waals surface area contributed by atoms with Gasteiger partial charge in [0.05, 0.1) is 6.61 Å². The molecule has 0 aliphatic heterocycles. The van der Waals surface area contributed by atoms with E-state index in [0.29, 0.717) is 17.9 Å². The van der Waals surface area contributed by atoms with Gasteiger partial charge in [0, 0.05) is 24.7 Å². The summed E-state index contributed by atoms with van der Waals surface area (Å²) in [6, 6.07) is 0.416. The first-order chi connectivity index (χ1) is 9.74. The van der Waals surface area contributed by atoms with Crippen molar-refractivity contribution in [2.75, 3.05) is 26.2 Å². The van der Waals surface area contributed by atoms with Crippen molar-refractivity contribution in [2.24, 2.45) is 11.8 Å². The molecule has 128 valence electrons. The Kier molecular flexibility index (Phi) is 10.5. The molecular weight excluding hydrogens is 260 g/mol. The smallest absolute Gasteiger partial charge is 0.0613 e. The zero-order valence-electron chi connectivity index (χ0n) is 15.6. The predicted octanol–water partition coefficient (Wildman–Crippen LogP) is 3.52. The van der Waals surface area contributed by atoms with Gasteiger partial charge in [-0.05, 0) is 37.6 Å². The molecule has 0 aromatic heterocycles. The van der Waals surface area contributed by atoms with E-state index in [-0.39, 0.29) is 12.1 Å². The topological polar surface area (TPSA) is 35.5 Å². The second-order valence-corrected chi connectivity index (χ2v) is 7.74. The van der Waals surface area contributed by atoms with Crippen molar-refractivity contribution in [3.05, 3.63) is 0 Å². The first-order valence-electron chi connectivity index (χ1n) is 8.85. The van der Waals surface area contributed by atoms with Gasteiger partial charge < -0.3 is 15.3 Å². The summed E-state index contributed by atoms with van der Waals surface area (Å²) >= 11 is 0. The van der Waals surface area contributed by atoms with Gasteiger partial charge in [0.2, 0.25) is 0 Å². The second kappa shape index (κ2) is 10.6. The maximum Gasteiger partial charge on any atom is 0.0613 e. The van der Waals surface area contributed by atoms with Crippen LogP contribution in [0.15, 0.2) is 0 Å². The van der Waals surface area contributed by atoms with E-state index in [2.05, 4.69) is 58.7 Å². The molecular formula is C18H40N2O. The molecule has 0 aromatic rings. The molecule has 0 rings (SSSR count). The largest absolute Gasteiger partial charge is 0.394 e. The quantitative estimate of drug-likeness (QED) is 0.579. The van der Waals surface area contributed by atoms with Crippen LogP contribution >= 0.6 is 0 Å². The second-order valence-electron chi connectivity index (χ2n) is 7.74. The Morgan fingerprint density at radius 3 is 1.86 bits per heavy atom. The SMILES string of the molecule is CCC(CO)(CCCN(CC(C)C)CC(C)C)NC(C)C.